The van der Waals surface area contributed by atoms with Crippen molar-refractivity contribution in [2.75, 3.05) is 52.3 Å². The molecule has 0 bridgehead atoms. The van der Waals surface area contributed by atoms with E-state index < -0.39 is 0 Å². The molecule has 3 aliphatic rings. The van der Waals surface area contributed by atoms with E-state index in [0.29, 0.717) is 6.04 Å². The Morgan fingerprint density at radius 3 is 2.41 bits per heavy atom. The zero-order valence-corrected chi connectivity index (χ0v) is 20.7. The van der Waals surface area contributed by atoms with Gasteiger partial charge in [0.1, 0.15) is 0 Å². The van der Waals surface area contributed by atoms with Gasteiger partial charge in [-0.05, 0) is 52.0 Å². The first kappa shape index (κ1) is 23.5. The molecule has 2 saturated heterocycles. The molecule has 1 atom stereocenters. The van der Waals surface area contributed by atoms with Crippen molar-refractivity contribution < 1.29 is 0 Å². The SMILES string of the molecule is CN=C(NCC1(N(C)C)CCSC1)NC1CCN(C2CCCCC2)CC1.I. The van der Waals surface area contributed by atoms with E-state index >= 15 is 0 Å². The monoisotopic (exact) mass is 509 g/mol. The Hall–Kier alpha value is 0.270. The summed E-state index contributed by atoms with van der Waals surface area (Å²) in [5, 5.41) is 7.32. The largest absolute Gasteiger partial charge is 0.355 e. The second-order valence-electron chi connectivity index (χ2n) is 8.59. The number of hydrogen-bond acceptors (Lipinski definition) is 4. The highest BCUT2D eigenvalue weighted by molar-refractivity contribution is 14.0. The molecule has 3 fully saturated rings. The molecule has 2 heterocycles. The quantitative estimate of drug-likeness (QED) is 0.339. The van der Waals surface area contributed by atoms with E-state index in [1.165, 1.54) is 76.0 Å². The molecule has 0 amide bonds. The Labute approximate surface area is 187 Å². The van der Waals surface area contributed by atoms with Crippen molar-refractivity contribution >= 4 is 41.7 Å². The van der Waals surface area contributed by atoms with Crippen LogP contribution in [0.1, 0.15) is 51.4 Å². The molecule has 1 saturated carbocycles. The summed E-state index contributed by atoms with van der Waals surface area (Å²) in [7, 11) is 6.33. The predicted molar refractivity (Wildman–Crippen MR) is 130 cm³/mol. The van der Waals surface area contributed by atoms with Crippen LogP contribution in [0.25, 0.3) is 0 Å². The fourth-order valence-electron chi connectivity index (χ4n) is 4.74. The molecular formula is C20H40IN5S. The van der Waals surface area contributed by atoms with E-state index in [0.717, 1.165) is 18.5 Å². The second kappa shape index (κ2) is 11.5. The van der Waals surface area contributed by atoms with E-state index in [2.05, 4.69) is 51.3 Å². The van der Waals surface area contributed by atoms with Crippen LogP contribution in [0.4, 0.5) is 0 Å². The summed E-state index contributed by atoms with van der Waals surface area (Å²) in [5.74, 6) is 3.47. The van der Waals surface area contributed by atoms with Crippen LogP contribution in [0, 0.1) is 0 Å². The number of rotatable bonds is 5. The number of halogens is 1. The highest BCUT2D eigenvalue weighted by Gasteiger charge is 2.36. The molecule has 0 radical (unpaired) electrons. The number of piperidine rings is 1. The number of likely N-dealkylation sites (tertiary alicyclic amines) is 1. The fourth-order valence-corrected chi connectivity index (χ4v) is 6.29. The van der Waals surface area contributed by atoms with Crippen LogP contribution in [0.5, 0.6) is 0 Å². The molecule has 0 aromatic heterocycles. The zero-order chi connectivity index (χ0) is 18.4. The van der Waals surface area contributed by atoms with Gasteiger partial charge in [0.25, 0.3) is 0 Å². The highest BCUT2D eigenvalue weighted by Crippen LogP contribution is 2.31. The predicted octanol–water partition coefficient (Wildman–Crippen LogP) is 3.00. The number of aliphatic imine (C=N–C) groups is 1. The molecule has 7 heteroatoms. The highest BCUT2D eigenvalue weighted by atomic mass is 127. The summed E-state index contributed by atoms with van der Waals surface area (Å²) in [6, 6.07) is 1.43. The van der Waals surface area contributed by atoms with Gasteiger partial charge in [-0.25, -0.2) is 0 Å². The maximum absolute atomic E-state index is 4.50. The van der Waals surface area contributed by atoms with E-state index in [9.17, 15) is 0 Å². The van der Waals surface area contributed by atoms with Crippen LogP contribution >= 0.6 is 35.7 Å². The zero-order valence-electron chi connectivity index (χ0n) is 17.5. The van der Waals surface area contributed by atoms with Crippen molar-refractivity contribution in [3.8, 4) is 0 Å². The van der Waals surface area contributed by atoms with E-state index in [-0.39, 0.29) is 29.5 Å². The lowest BCUT2D eigenvalue weighted by atomic mass is 9.92. The lowest BCUT2D eigenvalue weighted by Gasteiger charge is -2.40. The number of thioether (sulfide) groups is 1. The summed E-state index contributed by atoms with van der Waals surface area (Å²) in [6.45, 7) is 3.47. The van der Waals surface area contributed by atoms with Crippen LogP contribution in [0.2, 0.25) is 0 Å². The van der Waals surface area contributed by atoms with E-state index in [4.69, 9.17) is 0 Å². The maximum atomic E-state index is 4.50. The Bertz CT molecular complexity index is 453. The summed E-state index contributed by atoms with van der Waals surface area (Å²) in [5.41, 5.74) is 0.270. The first-order valence-electron chi connectivity index (χ1n) is 10.6. The number of nitrogens with zero attached hydrogens (tertiary/aromatic N) is 3. The minimum Gasteiger partial charge on any atom is -0.355 e. The lowest BCUT2D eigenvalue weighted by Crippen LogP contribution is -2.56. The van der Waals surface area contributed by atoms with Gasteiger partial charge in [0.05, 0.1) is 0 Å². The van der Waals surface area contributed by atoms with Gasteiger partial charge in [-0.2, -0.15) is 11.8 Å². The summed E-state index contributed by atoms with van der Waals surface area (Å²) in [4.78, 5) is 9.65. The van der Waals surface area contributed by atoms with Crippen molar-refractivity contribution in [1.29, 1.82) is 0 Å². The molecule has 0 aromatic rings. The minimum atomic E-state index is 0. The molecule has 0 spiro atoms. The Morgan fingerprint density at radius 2 is 1.85 bits per heavy atom. The molecule has 27 heavy (non-hydrogen) atoms. The molecule has 2 N–H and O–H groups in total. The third kappa shape index (κ3) is 6.37. The van der Waals surface area contributed by atoms with Crippen LogP contribution in [0.15, 0.2) is 4.99 Å². The van der Waals surface area contributed by atoms with Crippen molar-refractivity contribution in [2.45, 2.75) is 69.0 Å². The Balaban J connectivity index is 0.00000261. The molecule has 0 aromatic carbocycles. The van der Waals surface area contributed by atoms with Gasteiger partial charge in [-0.3, -0.25) is 4.99 Å². The molecular weight excluding hydrogens is 469 g/mol. The molecule has 3 rings (SSSR count). The number of hydrogen-bond donors (Lipinski definition) is 2. The second-order valence-corrected chi connectivity index (χ2v) is 9.70. The van der Waals surface area contributed by atoms with Crippen LogP contribution < -0.4 is 10.6 Å². The van der Waals surface area contributed by atoms with E-state index in [1.807, 2.05) is 7.05 Å². The lowest BCUT2D eigenvalue weighted by molar-refractivity contribution is 0.119. The first-order valence-corrected chi connectivity index (χ1v) is 11.7. The van der Waals surface area contributed by atoms with Gasteiger partial charge >= 0.3 is 0 Å². The summed E-state index contributed by atoms with van der Waals surface area (Å²) in [6.07, 6.45) is 10.9. The van der Waals surface area contributed by atoms with Crippen molar-refractivity contribution in [3.05, 3.63) is 0 Å². The number of nitrogens with one attached hydrogen (secondary N) is 2. The van der Waals surface area contributed by atoms with Crippen molar-refractivity contribution in [2.24, 2.45) is 4.99 Å². The Morgan fingerprint density at radius 1 is 1.15 bits per heavy atom. The van der Waals surface area contributed by atoms with E-state index in [1.54, 1.807) is 0 Å². The average molecular weight is 510 g/mol. The van der Waals surface area contributed by atoms with Gasteiger partial charge in [-0.15, -0.1) is 24.0 Å². The normalized spacial score (nSPS) is 29.0. The van der Waals surface area contributed by atoms with Crippen LogP contribution in [-0.4, -0.2) is 85.7 Å². The molecule has 2 aliphatic heterocycles. The van der Waals surface area contributed by atoms with Gasteiger partial charge < -0.3 is 20.4 Å². The molecule has 5 nitrogen and oxygen atoms in total. The smallest absolute Gasteiger partial charge is 0.191 e. The van der Waals surface area contributed by atoms with Gasteiger partial charge in [0, 0.05) is 50.1 Å². The molecule has 1 aliphatic carbocycles. The molecule has 158 valence electrons. The number of likely N-dealkylation sites (N-methyl/N-ethyl adjacent to an activating group) is 1. The van der Waals surface area contributed by atoms with Gasteiger partial charge in [0.2, 0.25) is 0 Å². The molecule has 1 unspecified atom stereocenters. The summed E-state index contributed by atoms with van der Waals surface area (Å²) < 4.78 is 0. The topological polar surface area (TPSA) is 42.9 Å². The third-order valence-electron chi connectivity index (χ3n) is 6.80. The van der Waals surface area contributed by atoms with Crippen molar-refractivity contribution in [1.82, 2.24) is 20.4 Å². The Kier molecular flexibility index (Phi) is 9.99. The minimum absolute atomic E-state index is 0. The van der Waals surface area contributed by atoms with Crippen LogP contribution in [-0.2, 0) is 0 Å². The standard InChI is InChI=1S/C20H39N5S.HI/c1-21-19(22-15-20(24(2)3)11-14-26-16-20)23-17-9-12-25(13-10-17)18-7-5-4-6-8-18;/h17-18H,4-16H2,1-3H3,(H2,21,22,23);1H. The average Bonchev–Trinajstić information content (AvgIpc) is 3.17. The van der Waals surface area contributed by atoms with Crippen LogP contribution in [0.3, 0.4) is 0 Å². The fraction of sp³-hybridized carbons (Fsp3) is 0.950. The maximum Gasteiger partial charge on any atom is 0.191 e. The first-order chi connectivity index (χ1) is 12.6. The van der Waals surface area contributed by atoms with Gasteiger partial charge in [-0.1, -0.05) is 19.3 Å². The third-order valence-corrected chi connectivity index (χ3v) is 8.04. The summed E-state index contributed by atoms with van der Waals surface area (Å²) >= 11 is 2.07. The number of guanidine groups is 1. The van der Waals surface area contributed by atoms with Crippen molar-refractivity contribution in [3.63, 3.8) is 0 Å². The van der Waals surface area contributed by atoms with Gasteiger partial charge in [0.15, 0.2) is 5.96 Å².